The first-order valence-corrected chi connectivity index (χ1v) is 6.19. The number of benzene rings is 1. The van der Waals surface area contributed by atoms with Gasteiger partial charge in [-0.05, 0) is 12.1 Å². The van der Waals surface area contributed by atoms with Crippen LogP contribution in [0.25, 0.3) is 17.0 Å². The van der Waals surface area contributed by atoms with Crippen molar-refractivity contribution in [2.24, 2.45) is 0 Å². The van der Waals surface area contributed by atoms with Gasteiger partial charge < -0.3 is 9.47 Å². The zero-order valence-corrected chi connectivity index (χ0v) is 11.6. The van der Waals surface area contributed by atoms with E-state index in [1.165, 1.54) is 0 Å². The molecule has 102 valence electrons. The van der Waals surface area contributed by atoms with Crippen molar-refractivity contribution >= 4 is 17.2 Å². The summed E-state index contributed by atoms with van der Waals surface area (Å²) in [5, 5.41) is 8.61. The van der Waals surface area contributed by atoms with Crippen LogP contribution in [0.15, 0.2) is 30.6 Å². The molecule has 0 amide bonds. The Morgan fingerprint density at radius 2 is 1.70 bits per heavy atom. The number of nitrogens with zero attached hydrogens (tertiary/aromatic N) is 4. The molecule has 0 radical (unpaired) electrons. The highest BCUT2D eigenvalue weighted by Crippen LogP contribution is 2.29. The number of ether oxygens (including phenoxy) is 2. The SMILES string of the molecule is COc1cc(OC)cc(-c2nnc3cc(Cl)ncn23)c1. The summed E-state index contributed by atoms with van der Waals surface area (Å²) in [4.78, 5) is 4.04. The van der Waals surface area contributed by atoms with E-state index in [9.17, 15) is 0 Å². The minimum absolute atomic E-state index is 0.375. The summed E-state index contributed by atoms with van der Waals surface area (Å²) in [6, 6.07) is 7.15. The van der Waals surface area contributed by atoms with E-state index >= 15 is 0 Å². The van der Waals surface area contributed by atoms with Gasteiger partial charge in [-0.2, -0.15) is 0 Å². The molecule has 0 aliphatic carbocycles. The van der Waals surface area contributed by atoms with Crippen LogP contribution in [0.4, 0.5) is 0 Å². The van der Waals surface area contributed by atoms with Crippen LogP contribution in [-0.4, -0.2) is 33.8 Å². The maximum absolute atomic E-state index is 5.84. The number of methoxy groups -OCH3 is 2. The number of aromatic nitrogens is 4. The quantitative estimate of drug-likeness (QED) is 0.693. The first-order chi connectivity index (χ1) is 9.71. The Balaban J connectivity index is 2.19. The standard InChI is InChI=1S/C13H11ClN4O2/c1-19-9-3-8(4-10(5-9)20-2)13-17-16-12-6-11(14)15-7-18(12)13/h3-7H,1-2H3. The minimum Gasteiger partial charge on any atom is -0.497 e. The molecule has 2 heterocycles. The summed E-state index contributed by atoms with van der Waals surface area (Å²) in [5.74, 6) is 2.00. The Hall–Kier alpha value is -2.34. The summed E-state index contributed by atoms with van der Waals surface area (Å²) >= 11 is 5.84. The zero-order valence-electron chi connectivity index (χ0n) is 10.9. The minimum atomic E-state index is 0.375. The summed E-state index contributed by atoms with van der Waals surface area (Å²) in [6.07, 6.45) is 1.58. The molecule has 20 heavy (non-hydrogen) atoms. The monoisotopic (exact) mass is 290 g/mol. The van der Waals surface area contributed by atoms with Crippen LogP contribution in [0.2, 0.25) is 5.15 Å². The molecule has 0 aliphatic rings. The van der Waals surface area contributed by atoms with E-state index in [1.54, 1.807) is 37.1 Å². The van der Waals surface area contributed by atoms with Crippen LogP contribution in [0.3, 0.4) is 0 Å². The lowest BCUT2D eigenvalue weighted by Gasteiger charge is -2.07. The van der Waals surface area contributed by atoms with E-state index in [1.807, 2.05) is 12.1 Å². The fourth-order valence-corrected chi connectivity index (χ4v) is 2.05. The maximum Gasteiger partial charge on any atom is 0.169 e. The van der Waals surface area contributed by atoms with E-state index in [4.69, 9.17) is 21.1 Å². The summed E-state index contributed by atoms with van der Waals surface area (Å²) in [5.41, 5.74) is 1.44. The third kappa shape index (κ3) is 2.14. The van der Waals surface area contributed by atoms with Crippen molar-refractivity contribution in [1.82, 2.24) is 19.6 Å². The van der Waals surface area contributed by atoms with Crippen molar-refractivity contribution in [3.05, 3.63) is 35.7 Å². The first kappa shape index (κ1) is 12.7. The average molecular weight is 291 g/mol. The molecule has 0 fully saturated rings. The van der Waals surface area contributed by atoms with Gasteiger partial charge in [-0.25, -0.2) is 4.98 Å². The van der Waals surface area contributed by atoms with E-state index in [0.717, 1.165) is 5.56 Å². The average Bonchev–Trinajstić information content (AvgIpc) is 2.89. The molecule has 2 aromatic heterocycles. The molecule has 7 heteroatoms. The van der Waals surface area contributed by atoms with Gasteiger partial charge in [0.2, 0.25) is 0 Å². The summed E-state index contributed by atoms with van der Waals surface area (Å²) in [7, 11) is 3.20. The third-order valence-electron chi connectivity index (χ3n) is 2.88. The summed E-state index contributed by atoms with van der Waals surface area (Å²) < 4.78 is 12.3. The van der Waals surface area contributed by atoms with Crippen LogP contribution in [0, 0.1) is 0 Å². The molecular formula is C13H11ClN4O2. The van der Waals surface area contributed by atoms with Gasteiger partial charge in [0, 0.05) is 17.7 Å². The second-order valence-electron chi connectivity index (χ2n) is 4.06. The topological polar surface area (TPSA) is 61.5 Å². The Morgan fingerprint density at radius 3 is 2.35 bits per heavy atom. The van der Waals surface area contributed by atoms with Crippen molar-refractivity contribution in [3.63, 3.8) is 0 Å². The number of hydrogen-bond acceptors (Lipinski definition) is 5. The van der Waals surface area contributed by atoms with Gasteiger partial charge in [-0.3, -0.25) is 4.40 Å². The van der Waals surface area contributed by atoms with Crippen LogP contribution >= 0.6 is 11.6 Å². The number of halogens is 1. The Kier molecular flexibility index (Phi) is 3.15. The van der Waals surface area contributed by atoms with Crippen LogP contribution in [0.1, 0.15) is 0 Å². The molecule has 3 aromatic rings. The number of hydrogen-bond donors (Lipinski definition) is 0. The van der Waals surface area contributed by atoms with Crippen molar-refractivity contribution in [3.8, 4) is 22.9 Å². The smallest absolute Gasteiger partial charge is 0.169 e. The Bertz CT molecular complexity index is 750. The molecule has 0 saturated carbocycles. The normalized spacial score (nSPS) is 10.8. The van der Waals surface area contributed by atoms with Crippen LogP contribution in [-0.2, 0) is 0 Å². The number of fused-ring (bicyclic) bond motifs is 1. The van der Waals surface area contributed by atoms with E-state index in [2.05, 4.69) is 15.2 Å². The fourth-order valence-electron chi connectivity index (χ4n) is 1.91. The van der Waals surface area contributed by atoms with Crippen LogP contribution in [0.5, 0.6) is 11.5 Å². The molecule has 0 unspecified atom stereocenters. The molecule has 3 rings (SSSR count). The highest BCUT2D eigenvalue weighted by atomic mass is 35.5. The predicted octanol–water partition coefficient (Wildman–Crippen LogP) is 2.46. The largest absolute Gasteiger partial charge is 0.497 e. The number of rotatable bonds is 3. The molecule has 6 nitrogen and oxygen atoms in total. The third-order valence-corrected chi connectivity index (χ3v) is 3.08. The predicted molar refractivity (Wildman–Crippen MR) is 74.3 cm³/mol. The van der Waals surface area contributed by atoms with Gasteiger partial charge in [-0.1, -0.05) is 11.6 Å². The molecule has 1 aromatic carbocycles. The fraction of sp³-hybridized carbons (Fsp3) is 0.154. The van der Waals surface area contributed by atoms with E-state index in [0.29, 0.717) is 28.1 Å². The van der Waals surface area contributed by atoms with Gasteiger partial charge in [0.15, 0.2) is 11.5 Å². The lowest BCUT2D eigenvalue weighted by molar-refractivity contribution is 0.394. The van der Waals surface area contributed by atoms with E-state index < -0.39 is 0 Å². The van der Waals surface area contributed by atoms with Crippen molar-refractivity contribution in [1.29, 1.82) is 0 Å². The molecule has 0 atom stereocenters. The second kappa shape index (κ2) is 4.97. The lowest BCUT2D eigenvalue weighted by Crippen LogP contribution is -1.93. The molecule has 0 N–H and O–H groups in total. The van der Waals surface area contributed by atoms with E-state index in [-0.39, 0.29) is 0 Å². The van der Waals surface area contributed by atoms with Crippen molar-refractivity contribution in [2.75, 3.05) is 14.2 Å². The Labute approximate surface area is 119 Å². The molecule has 0 saturated heterocycles. The highest BCUT2D eigenvalue weighted by molar-refractivity contribution is 6.29. The zero-order chi connectivity index (χ0) is 14.1. The second-order valence-corrected chi connectivity index (χ2v) is 4.45. The van der Waals surface area contributed by atoms with Gasteiger partial charge in [0.1, 0.15) is 23.0 Å². The molecule has 0 spiro atoms. The van der Waals surface area contributed by atoms with Crippen molar-refractivity contribution < 1.29 is 9.47 Å². The van der Waals surface area contributed by atoms with Gasteiger partial charge >= 0.3 is 0 Å². The first-order valence-electron chi connectivity index (χ1n) is 5.81. The summed E-state index contributed by atoms with van der Waals surface area (Å²) in [6.45, 7) is 0. The highest BCUT2D eigenvalue weighted by Gasteiger charge is 2.11. The Morgan fingerprint density at radius 1 is 1.00 bits per heavy atom. The van der Waals surface area contributed by atoms with Crippen LogP contribution < -0.4 is 9.47 Å². The van der Waals surface area contributed by atoms with Gasteiger partial charge in [0.05, 0.1) is 14.2 Å². The molecular weight excluding hydrogens is 280 g/mol. The lowest BCUT2D eigenvalue weighted by atomic mass is 10.2. The van der Waals surface area contributed by atoms with Gasteiger partial charge in [0.25, 0.3) is 0 Å². The maximum atomic E-state index is 5.84. The van der Waals surface area contributed by atoms with Crippen molar-refractivity contribution in [2.45, 2.75) is 0 Å². The molecule has 0 bridgehead atoms. The molecule has 0 aliphatic heterocycles. The van der Waals surface area contributed by atoms with Gasteiger partial charge in [-0.15, -0.1) is 10.2 Å².